The summed E-state index contributed by atoms with van der Waals surface area (Å²) in [4.78, 5) is 18.9. The van der Waals surface area contributed by atoms with Crippen LogP contribution in [-0.4, -0.2) is 72.7 Å². The molecule has 1 atom stereocenters. The third-order valence-corrected chi connectivity index (χ3v) is 5.98. The molecule has 1 aromatic heterocycles. The summed E-state index contributed by atoms with van der Waals surface area (Å²) in [5, 5.41) is 0. The zero-order valence-electron chi connectivity index (χ0n) is 17.3. The number of carbonyl (C=O) groups is 1. The summed E-state index contributed by atoms with van der Waals surface area (Å²) in [7, 11) is 0. The zero-order chi connectivity index (χ0) is 20.1. The average molecular weight is 398 g/mol. The molecule has 29 heavy (non-hydrogen) atoms. The van der Waals surface area contributed by atoms with Crippen molar-refractivity contribution in [1.82, 2.24) is 14.7 Å². The van der Waals surface area contributed by atoms with Gasteiger partial charge in [-0.3, -0.25) is 9.80 Å². The molecule has 1 amide bonds. The maximum Gasteiger partial charge on any atom is 0.409 e. The van der Waals surface area contributed by atoms with Gasteiger partial charge in [0.1, 0.15) is 5.76 Å². The van der Waals surface area contributed by atoms with E-state index in [2.05, 4.69) is 34.1 Å². The maximum absolute atomic E-state index is 11.9. The molecule has 6 heteroatoms. The first-order chi connectivity index (χ1) is 14.2. The van der Waals surface area contributed by atoms with E-state index in [0.717, 1.165) is 57.1 Å². The molecule has 3 heterocycles. The SMILES string of the molecule is CCOC(=O)N1CCN(C2CCCN(Cc3cccc(-c4ccco4)c3)C2)CC1. The van der Waals surface area contributed by atoms with Crippen molar-refractivity contribution in [2.24, 2.45) is 0 Å². The molecule has 0 radical (unpaired) electrons. The molecule has 1 aromatic carbocycles. The van der Waals surface area contributed by atoms with E-state index in [-0.39, 0.29) is 6.09 Å². The predicted molar refractivity (Wildman–Crippen MR) is 113 cm³/mol. The van der Waals surface area contributed by atoms with Crippen molar-refractivity contribution < 1.29 is 13.9 Å². The van der Waals surface area contributed by atoms with Crippen LogP contribution in [0.1, 0.15) is 25.3 Å². The summed E-state index contributed by atoms with van der Waals surface area (Å²) in [6.45, 7) is 8.90. The second kappa shape index (κ2) is 9.46. The molecule has 2 fully saturated rings. The third-order valence-electron chi connectivity index (χ3n) is 5.98. The van der Waals surface area contributed by atoms with Crippen LogP contribution in [0.25, 0.3) is 11.3 Å². The molecule has 2 aromatic rings. The van der Waals surface area contributed by atoms with Gasteiger partial charge in [-0.2, -0.15) is 0 Å². The molecular formula is C23H31N3O3. The Morgan fingerprint density at radius 2 is 2.00 bits per heavy atom. The van der Waals surface area contributed by atoms with Gasteiger partial charge in [-0.05, 0) is 50.1 Å². The van der Waals surface area contributed by atoms with Gasteiger partial charge in [-0.15, -0.1) is 0 Å². The lowest BCUT2D eigenvalue weighted by atomic mass is 10.0. The van der Waals surface area contributed by atoms with E-state index in [1.165, 1.54) is 18.4 Å². The van der Waals surface area contributed by atoms with Gasteiger partial charge < -0.3 is 14.1 Å². The number of ether oxygens (including phenoxy) is 1. The highest BCUT2D eigenvalue weighted by atomic mass is 16.6. The third kappa shape index (κ3) is 5.00. The highest BCUT2D eigenvalue weighted by molar-refractivity contribution is 5.67. The molecule has 2 aliphatic heterocycles. The lowest BCUT2D eigenvalue weighted by Crippen LogP contribution is -2.55. The van der Waals surface area contributed by atoms with Crippen LogP contribution in [0.15, 0.2) is 47.1 Å². The van der Waals surface area contributed by atoms with Gasteiger partial charge in [-0.25, -0.2) is 4.79 Å². The fourth-order valence-electron chi connectivity index (χ4n) is 4.48. The monoisotopic (exact) mass is 397 g/mol. The Bertz CT molecular complexity index is 784. The van der Waals surface area contributed by atoms with Gasteiger partial charge >= 0.3 is 6.09 Å². The summed E-state index contributed by atoms with van der Waals surface area (Å²) in [6.07, 6.45) is 4.01. The average Bonchev–Trinajstić information content (AvgIpc) is 3.30. The normalized spacial score (nSPS) is 21.3. The quantitative estimate of drug-likeness (QED) is 0.770. The molecule has 6 nitrogen and oxygen atoms in total. The Kier molecular flexibility index (Phi) is 6.52. The number of furan rings is 1. The second-order valence-corrected chi connectivity index (χ2v) is 7.93. The van der Waals surface area contributed by atoms with Crippen molar-refractivity contribution >= 4 is 6.09 Å². The minimum absolute atomic E-state index is 0.172. The number of likely N-dealkylation sites (tertiary alicyclic amines) is 1. The van der Waals surface area contributed by atoms with Crippen LogP contribution in [0.5, 0.6) is 0 Å². The van der Waals surface area contributed by atoms with Gasteiger partial charge in [-0.1, -0.05) is 18.2 Å². The Hall–Kier alpha value is -2.31. The zero-order valence-corrected chi connectivity index (χ0v) is 17.3. The first-order valence-electron chi connectivity index (χ1n) is 10.7. The van der Waals surface area contributed by atoms with Crippen molar-refractivity contribution in [3.63, 3.8) is 0 Å². The standard InChI is InChI=1S/C23H31N3O3/c1-2-28-23(27)26-13-11-25(12-14-26)21-8-4-10-24(18-21)17-19-6-3-7-20(16-19)22-9-5-15-29-22/h3,5-7,9,15-16,21H,2,4,8,10-14,17-18H2,1H3. The van der Waals surface area contributed by atoms with Crippen LogP contribution < -0.4 is 0 Å². The number of amides is 1. The van der Waals surface area contributed by atoms with Crippen LogP contribution >= 0.6 is 0 Å². The van der Waals surface area contributed by atoms with E-state index in [0.29, 0.717) is 12.6 Å². The molecule has 0 bridgehead atoms. The van der Waals surface area contributed by atoms with Gasteiger partial charge in [0.15, 0.2) is 0 Å². The maximum atomic E-state index is 11.9. The number of piperazine rings is 1. The van der Waals surface area contributed by atoms with Crippen LogP contribution in [0.3, 0.4) is 0 Å². The number of hydrogen-bond acceptors (Lipinski definition) is 5. The first kappa shape index (κ1) is 20.0. The molecule has 0 saturated carbocycles. The molecule has 0 N–H and O–H groups in total. The van der Waals surface area contributed by atoms with Crippen LogP contribution in [0, 0.1) is 0 Å². The van der Waals surface area contributed by atoms with Crippen molar-refractivity contribution in [2.75, 3.05) is 45.9 Å². The minimum Gasteiger partial charge on any atom is -0.464 e. The summed E-state index contributed by atoms with van der Waals surface area (Å²) >= 11 is 0. The Balaban J connectivity index is 1.31. The van der Waals surface area contributed by atoms with Crippen molar-refractivity contribution in [1.29, 1.82) is 0 Å². The smallest absolute Gasteiger partial charge is 0.409 e. The Morgan fingerprint density at radius 1 is 1.14 bits per heavy atom. The highest BCUT2D eigenvalue weighted by Gasteiger charge is 2.29. The van der Waals surface area contributed by atoms with Crippen molar-refractivity contribution in [3.8, 4) is 11.3 Å². The molecule has 156 valence electrons. The number of nitrogens with zero attached hydrogens (tertiary/aromatic N) is 3. The van der Waals surface area contributed by atoms with Crippen molar-refractivity contribution in [2.45, 2.75) is 32.4 Å². The van der Waals surface area contributed by atoms with E-state index >= 15 is 0 Å². The highest BCUT2D eigenvalue weighted by Crippen LogP contribution is 2.23. The van der Waals surface area contributed by atoms with E-state index in [4.69, 9.17) is 9.15 Å². The number of benzene rings is 1. The molecule has 2 saturated heterocycles. The van der Waals surface area contributed by atoms with Gasteiger partial charge in [0, 0.05) is 50.9 Å². The van der Waals surface area contributed by atoms with Gasteiger partial charge in [0.2, 0.25) is 0 Å². The summed E-state index contributed by atoms with van der Waals surface area (Å²) in [6, 6.07) is 13.2. The van der Waals surface area contributed by atoms with Crippen LogP contribution in [0.2, 0.25) is 0 Å². The first-order valence-corrected chi connectivity index (χ1v) is 10.7. The fraction of sp³-hybridized carbons (Fsp3) is 0.522. The second-order valence-electron chi connectivity index (χ2n) is 7.93. The molecule has 0 spiro atoms. The summed E-state index contributed by atoms with van der Waals surface area (Å²) in [5.41, 5.74) is 2.46. The Morgan fingerprint density at radius 3 is 2.76 bits per heavy atom. The number of rotatable bonds is 5. The number of carbonyl (C=O) groups excluding carboxylic acids is 1. The van der Waals surface area contributed by atoms with Gasteiger partial charge in [0.25, 0.3) is 0 Å². The topological polar surface area (TPSA) is 49.2 Å². The van der Waals surface area contributed by atoms with Crippen LogP contribution in [0.4, 0.5) is 4.79 Å². The number of piperidine rings is 1. The van der Waals surface area contributed by atoms with E-state index in [1.54, 1.807) is 6.26 Å². The molecular weight excluding hydrogens is 366 g/mol. The predicted octanol–water partition coefficient (Wildman–Crippen LogP) is 3.69. The lowest BCUT2D eigenvalue weighted by molar-refractivity contribution is 0.0412. The molecule has 0 aliphatic carbocycles. The van der Waals surface area contributed by atoms with E-state index in [9.17, 15) is 4.79 Å². The van der Waals surface area contributed by atoms with E-state index < -0.39 is 0 Å². The fourth-order valence-corrected chi connectivity index (χ4v) is 4.48. The van der Waals surface area contributed by atoms with Gasteiger partial charge in [0.05, 0.1) is 12.9 Å². The molecule has 4 rings (SSSR count). The van der Waals surface area contributed by atoms with Crippen molar-refractivity contribution in [3.05, 3.63) is 48.2 Å². The largest absolute Gasteiger partial charge is 0.464 e. The number of hydrogen-bond donors (Lipinski definition) is 0. The molecule has 2 aliphatic rings. The molecule has 1 unspecified atom stereocenters. The minimum atomic E-state index is -0.172. The lowest BCUT2D eigenvalue weighted by Gasteiger charge is -2.43. The van der Waals surface area contributed by atoms with Crippen LogP contribution in [-0.2, 0) is 11.3 Å². The summed E-state index contributed by atoms with van der Waals surface area (Å²) in [5.74, 6) is 0.919. The van der Waals surface area contributed by atoms with E-state index in [1.807, 2.05) is 24.0 Å². The Labute approximate surface area is 173 Å². The summed E-state index contributed by atoms with van der Waals surface area (Å²) < 4.78 is 10.7.